The maximum Gasteiger partial charge on any atom is 0.315 e. The van der Waals surface area contributed by atoms with Crippen LogP contribution in [0.4, 0.5) is 0 Å². The minimum absolute atomic E-state index is 0.106. The van der Waals surface area contributed by atoms with E-state index in [1.807, 2.05) is 0 Å². The summed E-state index contributed by atoms with van der Waals surface area (Å²) in [6.45, 7) is 0.425. The zero-order valence-electron chi connectivity index (χ0n) is 20.5. The Morgan fingerprint density at radius 1 is 1.05 bits per heavy atom. The number of nitrogens with zero attached hydrogens (tertiary/aromatic N) is 5. The van der Waals surface area contributed by atoms with Crippen LogP contribution < -0.4 is 5.56 Å². The summed E-state index contributed by atoms with van der Waals surface area (Å²) >= 11 is 12.5. The Morgan fingerprint density at radius 3 is 2.49 bits per heavy atom. The Hall–Kier alpha value is -3.48. The summed E-state index contributed by atoms with van der Waals surface area (Å²) in [7, 11) is -3.76. The van der Waals surface area contributed by atoms with Crippen LogP contribution in [0.15, 0.2) is 52.4 Å². The first kappa shape index (κ1) is 27.1. The van der Waals surface area contributed by atoms with E-state index in [1.165, 1.54) is 26.6 Å². The lowest BCUT2D eigenvalue weighted by Gasteiger charge is -2.34. The number of aromatic nitrogens is 3. The van der Waals surface area contributed by atoms with Gasteiger partial charge in [-0.15, -0.1) is 0 Å². The molecular formula is C25H23Cl2N5O6S. The van der Waals surface area contributed by atoms with Crippen LogP contribution in [0, 0.1) is 0 Å². The molecule has 0 bridgehead atoms. The van der Waals surface area contributed by atoms with Crippen LogP contribution in [0.2, 0.25) is 10.0 Å². The van der Waals surface area contributed by atoms with E-state index in [0.29, 0.717) is 19.4 Å². The zero-order valence-corrected chi connectivity index (χ0v) is 22.8. The molecule has 4 heterocycles. The van der Waals surface area contributed by atoms with Crippen LogP contribution in [0.1, 0.15) is 45.6 Å². The van der Waals surface area contributed by atoms with Crippen molar-refractivity contribution in [3.8, 4) is 5.75 Å². The smallest absolute Gasteiger partial charge is 0.315 e. The molecule has 0 spiro atoms. The fourth-order valence-electron chi connectivity index (χ4n) is 4.93. The van der Waals surface area contributed by atoms with Crippen LogP contribution in [0.25, 0.3) is 0 Å². The van der Waals surface area contributed by atoms with Gasteiger partial charge in [-0.2, -0.15) is 4.98 Å². The predicted octanol–water partition coefficient (Wildman–Crippen LogP) is 2.56. The van der Waals surface area contributed by atoms with Crippen LogP contribution in [-0.2, 0) is 16.4 Å². The second kappa shape index (κ2) is 10.6. The van der Waals surface area contributed by atoms with Crippen molar-refractivity contribution >= 4 is 44.9 Å². The number of rotatable bonds is 6. The van der Waals surface area contributed by atoms with Gasteiger partial charge in [0.05, 0.1) is 27.4 Å². The highest BCUT2D eigenvalue weighted by Crippen LogP contribution is 2.36. The van der Waals surface area contributed by atoms with Gasteiger partial charge in [-0.3, -0.25) is 14.4 Å². The summed E-state index contributed by atoms with van der Waals surface area (Å²) < 4.78 is 26.8. The normalized spacial score (nSPS) is 17.4. The molecule has 0 radical (unpaired) electrons. The molecule has 3 aromatic rings. The van der Waals surface area contributed by atoms with E-state index in [4.69, 9.17) is 23.2 Å². The maximum absolute atomic E-state index is 13.5. The van der Waals surface area contributed by atoms with Crippen LogP contribution in [0.5, 0.6) is 5.75 Å². The molecule has 2 aromatic heterocycles. The van der Waals surface area contributed by atoms with Crippen molar-refractivity contribution in [1.82, 2.24) is 24.3 Å². The summed E-state index contributed by atoms with van der Waals surface area (Å²) in [4.78, 5) is 50.2. The fourth-order valence-corrected chi connectivity index (χ4v) is 6.67. The molecule has 1 aromatic carbocycles. The van der Waals surface area contributed by atoms with Gasteiger partial charge in [-0.25, -0.2) is 13.4 Å². The number of hydrogen-bond donors (Lipinski definition) is 1. The summed E-state index contributed by atoms with van der Waals surface area (Å²) in [6, 6.07) is 8.59. The van der Waals surface area contributed by atoms with Crippen LogP contribution >= 0.6 is 23.2 Å². The van der Waals surface area contributed by atoms with E-state index in [2.05, 4.69) is 9.97 Å². The molecule has 14 heteroatoms. The number of aromatic hydroxyl groups is 1. The largest absolute Gasteiger partial charge is 0.501 e. The van der Waals surface area contributed by atoms with E-state index in [0.717, 1.165) is 0 Å². The average molecular weight is 592 g/mol. The highest BCUT2D eigenvalue weighted by molar-refractivity contribution is 7.91. The molecule has 5 rings (SSSR count). The number of carbonyl (C=O) groups excluding carboxylic acids is 2. The molecule has 11 nitrogen and oxygen atoms in total. The Balaban J connectivity index is 1.45. The molecule has 0 saturated carbocycles. The Kier molecular flexibility index (Phi) is 7.36. The lowest BCUT2D eigenvalue weighted by atomic mass is 10.1. The number of likely N-dealkylation sites (tertiary alicyclic amines) is 1. The number of halogens is 2. The summed E-state index contributed by atoms with van der Waals surface area (Å²) in [5.74, 6) is -2.20. The van der Waals surface area contributed by atoms with Crippen LogP contribution in [-0.4, -0.2) is 75.1 Å². The summed E-state index contributed by atoms with van der Waals surface area (Å²) in [5.41, 5.74) is -1.17. The van der Waals surface area contributed by atoms with Gasteiger partial charge in [0.2, 0.25) is 5.75 Å². The Bertz CT molecular complexity index is 1610. The van der Waals surface area contributed by atoms with E-state index < -0.39 is 39.0 Å². The van der Waals surface area contributed by atoms with Gasteiger partial charge in [0, 0.05) is 32.4 Å². The van der Waals surface area contributed by atoms with Gasteiger partial charge < -0.3 is 19.5 Å². The molecule has 2 aliphatic rings. The molecule has 1 N–H and O–H groups in total. The molecular weight excluding hydrogens is 569 g/mol. The van der Waals surface area contributed by atoms with E-state index in [-0.39, 0.29) is 57.5 Å². The lowest BCUT2D eigenvalue weighted by Crippen LogP contribution is -2.46. The molecule has 0 aliphatic carbocycles. The van der Waals surface area contributed by atoms with Gasteiger partial charge in [0.15, 0.2) is 20.6 Å². The SMILES string of the molecule is O=C1c2c(O)c(=O)nc([C@@H]3CCCN3C(=O)c3c(Cl)cccc3Cl)n2CCN1CCS(=O)(=O)c1ccccn1. The first-order valence-corrected chi connectivity index (χ1v) is 14.5. The quantitative estimate of drug-likeness (QED) is 0.460. The molecule has 204 valence electrons. The number of sulfone groups is 1. The fraction of sp³-hybridized carbons (Fsp3) is 0.320. The molecule has 2 amide bonds. The maximum atomic E-state index is 13.5. The Morgan fingerprint density at radius 2 is 1.79 bits per heavy atom. The standard InChI is InChI=1S/C25H23Cl2N5O6S/c26-15-5-3-6-16(27)19(15)24(35)31-10-4-7-17(31)22-29-23(34)21(33)20-25(36)30(11-12-32(20)22)13-14-39(37,38)18-8-1-2-9-28-18/h1-3,5-6,8-9,17,33H,4,7,10-14H2/t17-/m0/s1. The summed E-state index contributed by atoms with van der Waals surface area (Å²) in [6.07, 6.45) is 2.44. The average Bonchev–Trinajstić information content (AvgIpc) is 3.40. The van der Waals surface area contributed by atoms with Gasteiger partial charge in [-0.1, -0.05) is 35.3 Å². The monoisotopic (exact) mass is 591 g/mol. The highest BCUT2D eigenvalue weighted by atomic mass is 35.5. The number of amides is 2. The minimum Gasteiger partial charge on any atom is -0.501 e. The second-order valence-electron chi connectivity index (χ2n) is 9.16. The van der Waals surface area contributed by atoms with Crippen molar-refractivity contribution in [3.05, 3.63) is 80.1 Å². The minimum atomic E-state index is -3.76. The van der Waals surface area contributed by atoms with Crippen molar-refractivity contribution in [2.75, 3.05) is 25.4 Å². The number of carbonyl (C=O) groups is 2. The number of pyridine rings is 1. The number of hydrogen-bond acceptors (Lipinski definition) is 8. The van der Waals surface area contributed by atoms with Crippen molar-refractivity contribution in [2.24, 2.45) is 0 Å². The van der Waals surface area contributed by atoms with E-state index >= 15 is 0 Å². The molecule has 1 saturated heterocycles. The molecule has 1 atom stereocenters. The lowest BCUT2D eigenvalue weighted by molar-refractivity contribution is 0.0689. The van der Waals surface area contributed by atoms with E-state index in [1.54, 1.807) is 30.3 Å². The van der Waals surface area contributed by atoms with Gasteiger partial charge in [-0.05, 0) is 37.1 Å². The van der Waals surface area contributed by atoms with Crippen molar-refractivity contribution in [2.45, 2.75) is 30.5 Å². The number of benzene rings is 1. The van der Waals surface area contributed by atoms with E-state index in [9.17, 15) is 27.9 Å². The van der Waals surface area contributed by atoms with Gasteiger partial charge in [0.1, 0.15) is 5.82 Å². The predicted molar refractivity (Wildman–Crippen MR) is 142 cm³/mol. The second-order valence-corrected chi connectivity index (χ2v) is 12.0. The third-order valence-electron chi connectivity index (χ3n) is 6.85. The third-order valence-corrected chi connectivity index (χ3v) is 9.08. The van der Waals surface area contributed by atoms with Crippen molar-refractivity contribution in [3.63, 3.8) is 0 Å². The van der Waals surface area contributed by atoms with Crippen LogP contribution in [0.3, 0.4) is 0 Å². The van der Waals surface area contributed by atoms with Crippen molar-refractivity contribution < 1.29 is 23.1 Å². The van der Waals surface area contributed by atoms with Gasteiger partial charge in [0.25, 0.3) is 11.8 Å². The Labute approximate surface area is 233 Å². The molecule has 0 unspecified atom stereocenters. The highest BCUT2D eigenvalue weighted by Gasteiger charge is 2.39. The zero-order chi connectivity index (χ0) is 27.9. The first-order valence-electron chi connectivity index (χ1n) is 12.1. The molecule has 39 heavy (non-hydrogen) atoms. The van der Waals surface area contributed by atoms with Crippen molar-refractivity contribution in [1.29, 1.82) is 0 Å². The topological polar surface area (TPSA) is 143 Å². The van der Waals surface area contributed by atoms with Gasteiger partial charge >= 0.3 is 5.56 Å². The molecule has 2 aliphatic heterocycles. The third kappa shape index (κ3) is 4.99. The summed E-state index contributed by atoms with van der Waals surface area (Å²) in [5, 5.41) is 10.8. The number of fused-ring (bicyclic) bond motifs is 1. The molecule has 1 fully saturated rings. The first-order chi connectivity index (χ1) is 18.6.